The molecule has 0 aliphatic heterocycles. The van der Waals surface area contributed by atoms with E-state index in [4.69, 9.17) is 11.1 Å². The Morgan fingerprint density at radius 1 is 1.11 bits per heavy atom. The van der Waals surface area contributed by atoms with Gasteiger partial charge in [0.2, 0.25) is 0 Å². The van der Waals surface area contributed by atoms with Crippen molar-refractivity contribution in [2.75, 3.05) is 36.5 Å². The Labute approximate surface area is 159 Å². The van der Waals surface area contributed by atoms with Gasteiger partial charge in [0, 0.05) is 61.3 Å². The molecule has 0 bridgehead atoms. The molecule has 144 valence electrons. The van der Waals surface area contributed by atoms with E-state index in [0.717, 1.165) is 23.5 Å². The van der Waals surface area contributed by atoms with Crippen molar-refractivity contribution in [2.45, 2.75) is 13.8 Å². The number of nitrogens with zero attached hydrogens (tertiary/aromatic N) is 2. The Kier molecular flexibility index (Phi) is 9.01. The highest BCUT2D eigenvalue weighted by Gasteiger charge is 2.14. The Morgan fingerprint density at radius 3 is 2.15 bits per heavy atom. The Morgan fingerprint density at radius 2 is 1.67 bits per heavy atom. The van der Waals surface area contributed by atoms with E-state index in [9.17, 15) is 10.1 Å². The summed E-state index contributed by atoms with van der Waals surface area (Å²) >= 11 is 0. The van der Waals surface area contributed by atoms with Crippen LogP contribution in [0.25, 0.3) is 0 Å². The lowest BCUT2D eigenvalue weighted by Crippen LogP contribution is -2.03. The Hall–Kier alpha value is -3.42. The molecule has 0 saturated heterocycles. The molecule has 2 rings (SSSR count). The molecule has 0 radical (unpaired) electrons. The summed E-state index contributed by atoms with van der Waals surface area (Å²) in [5, 5.41) is 24.1. The van der Waals surface area contributed by atoms with Crippen LogP contribution in [-0.4, -0.2) is 37.5 Å². The van der Waals surface area contributed by atoms with Gasteiger partial charge in [0.25, 0.3) is 5.69 Å². The number of anilines is 3. The first kappa shape index (κ1) is 21.6. The molecule has 0 heterocycles. The maximum Gasteiger partial charge on any atom is 0.280 e. The summed E-state index contributed by atoms with van der Waals surface area (Å²) < 4.78 is 0. The zero-order chi connectivity index (χ0) is 20.2. The van der Waals surface area contributed by atoms with E-state index in [2.05, 4.69) is 15.6 Å². The highest BCUT2D eigenvalue weighted by atomic mass is 16.6. The summed E-state index contributed by atoms with van der Waals surface area (Å²) in [6.45, 7) is 5.50. The first-order valence-electron chi connectivity index (χ1n) is 8.56. The fourth-order valence-corrected chi connectivity index (χ4v) is 2.41. The third-order valence-electron chi connectivity index (χ3n) is 3.56. The standard InChI is InChI=1S/C10H13N3O2.C9H13N3/c1-3-12-9-5-4-6-10(13(14)15)8(9)7-11-2;1-2-12-9-5-3-4-8(11)7(9)6-10/h4-7,12H,3H2,1-2H3;3-6,10,12H,2,11H2,1H3. The molecule has 0 aliphatic carbocycles. The predicted octanol–water partition coefficient (Wildman–Crippen LogP) is 3.77. The number of hydrogen-bond acceptors (Lipinski definition) is 7. The second-order valence-corrected chi connectivity index (χ2v) is 5.40. The predicted molar refractivity (Wildman–Crippen MR) is 114 cm³/mol. The number of benzene rings is 2. The number of hydrogen-bond donors (Lipinski definition) is 4. The molecule has 2 aromatic carbocycles. The van der Waals surface area contributed by atoms with Crippen LogP contribution in [0.2, 0.25) is 0 Å². The molecule has 0 spiro atoms. The molecule has 0 saturated carbocycles. The van der Waals surface area contributed by atoms with Gasteiger partial charge < -0.3 is 21.8 Å². The summed E-state index contributed by atoms with van der Waals surface area (Å²) in [6.07, 6.45) is 2.77. The van der Waals surface area contributed by atoms with Crippen molar-refractivity contribution in [3.63, 3.8) is 0 Å². The van der Waals surface area contributed by atoms with Crippen LogP contribution in [0.5, 0.6) is 0 Å². The van der Waals surface area contributed by atoms with E-state index in [1.807, 2.05) is 26.0 Å². The summed E-state index contributed by atoms with van der Waals surface area (Å²) in [7, 11) is 1.59. The lowest BCUT2D eigenvalue weighted by atomic mass is 10.1. The van der Waals surface area contributed by atoms with E-state index in [1.54, 1.807) is 25.2 Å². The third kappa shape index (κ3) is 6.10. The van der Waals surface area contributed by atoms with Gasteiger partial charge in [-0.25, -0.2) is 0 Å². The van der Waals surface area contributed by atoms with Crippen molar-refractivity contribution in [2.24, 2.45) is 4.99 Å². The molecular weight excluding hydrogens is 344 g/mol. The fourth-order valence-electron chi connectivity index (χ4n) is 2.41. The summed E-state index contributed by atoms with van der Waals surface area (Å²) in [5.41, 5.74) is 9.32. The largest absolute Gasteiger partial charge is 0.398 e. The van der Waals surface area contributed by atoms with Gasteiger partial charge >= 0.3 is 0 Å². The van der Waals surface area contributed by atoms with Crippen molar-refractivity contribution in [1.29, 1.82) is 5.41 Å². The van der Waals surface area contributed by atoms with Crippen LogP contribution in [0.15, 0.2) is 41.4 Å². The number of aliphatic imine (C=N–C) groups is 1. The fraction of sp³-hybridized carbons (Fsp3) is 0.263. The van der Waals surface area contributed by atoms with E-state index in [1.165, 1.54) is 18.5 Å². The zero-order valence-corrected chi connectivity index (χ0v) is 15.8. The molecule has 0 aromatic heterocycles. The van der Waals surface area contributed by atoms with E-state index < -0.39 is 4.92 Å². The number of nitrogen functional groups attached to an aromatic ring is 1. The van der Waals surface area contributed by atoms with Crippen molar-refractivity contribution in [3.8, 4) is 0 Å². The number of nitro benzene ring substituents is 1. The van der Waals surface area contributed by atoms with Gasteiger partial charge in [0.05, 0.1) is 10.5 Å². The van der Waals surface area contributed by atoms with Gasteiger partial charge in [-0.3, -0.25) is 15.1 Å². The molecule has 2 aromatic rings. The average molecular weight is 370 g/mol. The minimum Gasteiger partial charge on any atom is -0.398 e. The van der Waals surface area contributed by atoms with Gasteiger partial charge in [-0.05, 0) is 32.0 Å². The molecule has 0 aliphatic rings. The van der Waals surface area contributed by atoms with Gasteiger partial charge in [0.15, 0.2) is 0 Å². The topological polar surface area (TPSA) is 129 Å². The highest BCUT2D eigenvalue weighted by molar-refractivity contribution is 5.93. The first-order chi connectivity index (χ1) is 13.0. The SMILES string of the molecule is CCNc1cccc(N)c1C=N.CCNc1cccc([N+](=O)[O-])c1C=NC. The second kappa shape index (κ2) is 11.2. The molecule has 5 N–H and O–H groups in total. The van der Waals surface area contributed by atoms with Gasteiger partial charge in [-0.15, -0.1) is 0 Å². The summed E-state index contributed by atoms with van der Waals surface area (Å²) in [4.78, 5) is 14.2. The van der Waals surface area contributed by atoms with Crippen molar-refractivity contribution in [3.05, 3.63) is 57.6 Å². The van der Waals surface area contributed by atoms with Crippen LogP contribution in [0.3, 0.4) is 0 Å². The Balaban J connectivity index is 0.000000277. The van der Waals surface area contributed by atoms with Crippen LogP contribution >= 0.6 is 0 Å². The zero-order valence-electron chi connectivity index (χ0n) is 15.8. The monoisotopic (exact) mass is 370 g/mol. The van der Waals surface area contributed by atoms with Crippen LogP contribution in [-0.2, 0) is 0 Å². The molecule has 0 unspecified atom stereocenters. The number of nitrogens with two attached hydrogens (primary N) is 1. The van der Waals surface area contributed by atoms with Crippen molar-refractivity contribution < 1.29 is 4.92 Å². The lowest BCUT2D eigenvalue weighted by molar-refractivity contribution is -0.384. The van der Waals surface area contributed by atoms with Crippen LogP contribution in [0, 0.1) is 15.5 Å². The minimum absolute atomic E-state index is 0.0686. The molecule has 8 nitrogen and oxygen atoms in total. The van der Waals surface area contributed by atoms with Crippen molar-refractivity contribution in [1.82, 2.24) is 0 Å². The average Bonchev–Trinajstić information content (AvgIpc) is 2.64. The van der Waals surface area contributed by atoms with Crippen LogP contribution in [0.1, 0.15) is 25.0 Å². The molecule has 0 fully saturated rings. The van der Waals surface area contributed by atoms with Crippen molar-refractivity contribution >= 4 is 35.2 Å². The molecule has 8 heteroatoms. The third-order valence-corrected chi connectivity index (χ3v) is 3.56. The van der Waals surface area contributed by atoms with E-state index in [0.29, 0.717) is 17.8 Å². The molecule has 0 atom stereocenters. The maximum atomic E-state index is 10.8. The lowest BCUT2D eigenvalue weighted by Gasteiger charge is -2.08. The van der Waals surface area contributed by atoms with Crippen LogP contribution in [0.4, 0.5) is 22.7 Å². The van der Waals surface area contributed by atoms with E-state index in [-0.39, 0.29) is 5.69 Å². The number of nitrogens with one attached hydrogen (secondary N) is 3. The number of rotatable bonds is 7. The highest BCUT2D eigenvalue weighted by Crippen LogP contribution is 2.24. The Bertz CT molecular complexity index is 805. The second-order valence-electron chi connectivity index (χ2n) is 5.40. The first-order valence-corrected chi connectivity index (χ1v) is 8.56. The minimum atomic E-state index is -0.405. The van der Waals surface area contributed by atoms with E-state index >= 15 is 0 Å². The number of nitro groups is 1. The molecule has 0 amide bonds. The maximum absolute atomic E-state index is 10.8. The van der Waals surface area contributed by atoms with Crippen LogP contribution < -0.4 is 16.4 Å². The smallest absolute Gasteiger partial charge is 0.280 e. The van der Waals surface area contributed by atoms with Gasteiger partial charge in [-0.2, -0.15) is 0 Å². The quantitative estimate of drug-likeness (QED) is 0.255. The van der Waals surface area contributed by atoms with Gasteiger partial charge in [0.1, 0.15) is 0 Å². The summed E-state index contributed by atoms with van der Waals surface area (Å²) in [6, 6.07) is 10.5. The molecule has 27 heavy (non-hydrogen) atoms. The molecular formula is C19H26N6O2. The summed E-state index contributed by atoms with van der Waals surface area (Å²) in [5.74, 6) is 0. The van der Waals surface area contributed by atoms with Gasteiger partial charge in [-0.1, -0.05) is 12.1 Å². The normalized spacial score (nSPS) is 10.0.